The van der Waals surface area contributed by atoms with Crippen molar-refractivity contribution in [2.75, 3.05) is 26.2 Å². The molecule has 0 bridgehead atoms. The Balaban J connectivity index is 2.30. The fraction of sp³-hybridized carbons (Fsp3) is 0.657. The molecule has 1 N–H and O–H groups in total. The number of benzene rings is 1. The molecule has 1 aliphatic rings. The molecule has 2 rings (SSSR count). The Hall–Kier alpha value is -3.14. The van der Waals surface area contributed by atoms with Gasteiger partial charge in [0.15, 0.2) is 0 Å². The maximum Gasteiger partial charge on any atom is 0.253 e. The van der Waals surface area contributed by atoms with Crippen LogP contribution in [0.2, 0.25) is 0 Å². The molecule has 0 saturated carbocycles. The monoisotopic (exact) mass is 577 g/mol. The van der Waals surface area contributed by atoms with E-state index < -0.39 is 0 Å². The highest BCUT2D eigenvalue weighted by atomic mass is 16.3. The summed E-state index contributed by atoms with van der Waals surface area (Å²) in [4.78, 5) is 17.7. The van der Waals surface area contributed by atoms with Gasteiger partial charge < -0.3 is 14.9 Å². The average molecular weight is 578 g/mol. The van der Waals surface area contributed by atoms with Crippen LogP contribution in [0.25, 0.3) is 0 Å². The number of aliphatic hydroxyl groups excluding tert-OH is 1. The Morgan fingerprint density at radius 1 is 0.929 bits per heavy atom. The van der Waals surface area contributed by atoms with Crippen LogP contribution in [0.4, 0.5) is 5.69 Å². The molecule has 0 aliphatic carbocycles. The van der Waals surface area contributed by atoms with E-state index >= 15 is 0 Å². The number of unbranched alkanes of at least 4 members (excludes halogenated alkanes) is 3. The molecule has 7 heteroatoms. The smallest absolute Gasteiger partial charge is 0.253 e. The van der Waals surface area contributed by atoms with Crippen LogP contribution in [0.3, 0.4) is 0 Å². The highest BCUT2D eigenvalue weighted by molar-refractivity contribution is 5.94. The maximum absolute atomic E-state index is 13.8. The Kier molecular flexibility index (Phi) is 16.0. The minimum absolute atomic E-state index is 0.0656. The molecule has 0 radical (unpaired) electrons. The highest BCUT2D eigenvalue weighted by Crippen LogP contribution is 2.32. The van der Waals surface area contributed by atoms with E-state index in [2.05, 4.69) is 55.8 Å². The molecule has 0 saturated heterocycles. The molecule has 1 amide bonds. The van der Waals surface area contributed by atoms with E-state index in [1.54, 1.807) is 4.90 Å². The van der Waals surface area contributed by atoms with Gasteiger partial charge in [-0.1, -0.05) is 79.6 Å². The molecule has 2 unspecified atom stereocenters. The van der Waals surface area contributed by atoms with Gasteiger partial charge in [-0.15, -0.1) is 5.11 Å². The molecule has 1 aromatic rings. The second-order valence-electron chi connectivity index (χ2n) is 11.6. The number of hydrogen-bond donors (Lipinski definition) is 1. The van der Waals surface area contributed by atoms with Crippen molar-refractivity contribution in [3.05, 3.63) is 52.6 Å². The lowest BCUT2D eigenvalue weighted by molar-refractivity contribution is 0.0685. The lowest BCUT2D eigenvalue weighted by atomic mass is 9.95. The topological polar surface area (TPSA) is 92.3 Å². The number of likely N-dealkylation sites (N-methyl/N-ethyl adjacent to an activating group) is 1. The molecule has 42 heavy (non-hydrogen) atoms. The van der Waals surface area contributed by atoms with E-state index in [1.165, 1.54) is 25.7 Å². The van der Waals surface area contributed by atoms with Crippen molar-refractivity contribution in [3.63, 3.8) is 0 Å². The first-order chi connectivity index (χ1) is 20.4. The fourth-order valence-corrected chi connectivity index (χ4v) is 5.54. The van der Waals surface area contributed by atoms with Gasteiger partial charge in [-0.05, 0) is 68.7 Å². The quantitative estimate of drug-likeness (QED) is 0.166. The number of hydrogen-bond acceptors (Lipinski definition) is 6. The number of nitriles is 1. The first kappa shape index (κ1) is 35.1. The number of allylic oxidation sites excluding steroid dienone is 1. The molecule has 1 aromatic carbocycles. The van der Waals surface area contributed by atoms with Crippen LogP contribution in [0.15, 0.2) is 57.2 Å². The third kappa shape index (κ3) is 10.3. The molecule has 0 fully saturated rings. The molecular formula is C35H55N5O2. The zero-order valence-electron chi connectivity index (χ0n) is 27.2. The minimum Gasteiger partial charge on any atom is -0.493 e. The summed E-state index contributed by atoms with van der Waals surface area (Å²) in [6.07, 6.45) is 11.8. The van der Waals surface area contributed by atoms with Crippen LogP contribution in [0.1, 0.15) is 123 Å². The van der Waals surface area contributed by atoms with Crippen LogP contribution in [0.5, 0.6) is 0 Å². The molecule has 2 atom stereocenters. The fourth-order valence-electron chi connectivity index (χ4n) is 5.54. The predicted molar refractivity (Wildman–Crippen MR) is 173 cm³/mol. The largest absolute Gasteiger partial charge is 0.493 e. The van der Waals surface area contributed by atoms with E-state index in [-0.39, 0.29) is 11.8 Å². The van der Waals surface area contributed by atoms with Crippen molar-refractivity contribution in [2.45, 2.75) is 112 Å². The summed E-state index contributed by atoms with van der Waals surface area (Å²) in [5.74, 6) is 1.17. The van der Waals surface area contributed by atoms with Gasteiger partial charge in [-0.2, -0.15) is 10.4 Å². The standard InChI is InChI=1S/C35H55N5O2/c1-7-13-16-27(10-4)24-40(25-28(11-5)17-14-8-2)34(41)29-19-21-31(22-20-29)37-38-33-32(18-15-9-3)30(23-36)26-39(12-6)35(33)42/h19-22,27-28,42H,7-18,24-26H2,1-6H3/b38-37+. The zero-order chi connectivity index (χ0) is 30.9. The molecular weight excluding hydrogens is 522 g/mol. The van der Waals surface area contributed by atoms with Crippen LogP contribution in [0, 0.1) is 23.2 Å². The summed E-state index contributed by atoms with van der Waals surface area (Å²) in [6.45, 7) is 15.5. The Labute approximate surface area is 255 Å². The maximum atomic E-state index is 13.8. The third-order valence-corrected chi connectivity index (χ3v) is 8.52. The van der Waals surface area contributed by atoms with Crippen molar-refractivity contribution < 1.29 is 9.90 Å². The van der Waals surface area contributed by atoms with Gasteiger partial charge in [0, 0.05) is 30.8 Å². The molecule has 0 aromatic heterocycles. The number of rotatable bonds is 19. The van der Waals surface area contributed by atoms with E-state index in [9.17, 15) is 15.2 Å². The number of aliphatic hydroxyl groups is 1. The molecule has 7 nitrogen and oxygen atoms in total. The number of amides is 1. The Morgan fingerprint density at radius 2 is 1.50 bits per heavy atom. The van der Waals surface area contributed by atoms with Gasteiger partial charge in [0.05, 0.1) is 23.9 Å². The molecule has 1 aliphatic heterocycles. The van der Waals surface area contributed by atoms with E-state index in [1.807, 2.05) is 31.2 Å². The third-order valence-electron chi connectivity index (χ3n) is 8.52. The van der Waals surface area contributed by atoms with Gasteiger partial charge in [0.1, 0.15) is 5.70 Å². The van der Waals surface area contributed by atoms with Crippen molar-refractivity contribution in [1.82, 2.24) is 9.80 Å². The predicted octanol–water partition coefficient (Wildman–Crippen LogP) is 9.72. The van der Waals surface area contributed by atoms with Gasteiger partial charge >= 0.3 is 0 Å². The van der Waals surface area contributed by atoms with E-state index in [4.69, 9.17) is 0 Å². The minimum atomic E-state index is 0.0656. The van der Waals surface area contributed by atoms with Crippen molar-refractivity contribution in [3.8, 4) is 6.07 Å². The number of carbonyl (C=O) groups excluding carboxylic acids is 1. The van der Waals surface area contributed by atoms with Gasteiger partial charge in [0.25, 0.3) is 5.91 Å². The van der Waals surface area contributed by atoms with Crippen molar-refractivity contribution in [1.29, 1.82) is 5.26 Å². The summed E-state index contributed by atoms with van der Waals surface area (Å²) < 4.78 is 0. The summed E-state index contributed by atoms with van der Waals surface area (Å²) in [7, 11) is 0. The van der Waals surface area contributed by atoms with Crippen LogP contribution >= 0.6 is 0 Å². The van der Waals surface area contributed by atoms with E-state index in [0.717, 1.165) is 57.2 Å². The first-order valence-corrected chi connectivity index (χ1v) is 16.5. The number of azo groups is 1. The second-order valence-corrected chi connectivity index (χ2v) is 11.6. The van der Waals surface area contributed by atoms with Crippen molar-refractivity contribution in [2.24, 2.45) is 22.1 Å². The van der Waals surface area contributed by atoms with Gasteiger partial charge in [0.2, 0.25) is 5.88 Å². The first-order valence-electron chi connectivity index (χ1n) is 16.5. The second kappa shape index (κ2) is 19.1. The average Bonchev–Trinajstić information content (AvgIpc) is 3.02. The lowest BCUT2D eigenvalue weighted by Gasteiger charge is -2.31. The normalized spacial score (nSPS) is 15.3. The summed E-state index contributed by atoms with van der Waals surface area (Å²) in [6, 6.07) is 9.62. The molecule has 1 heterocycles. The summed E-state index contributed by atoms with van der Waals surface area (Å²) in [5, 5.41) is 29.6. The Morgan fingerprint density at radius 3 is 1.98 bits per heavy atom. The van der Waals surface area contributed by atoms with Crippen LogP contribution in [-0.4, -0.2) is 47.0 Å². The number of carbonyl (C=O) groups is 1. The summed E-state index contributed by atoms with van der Waals surface area (Å²) in [5.41, 5.74) is 3.04. The lowest BCUT2D eigenvalue weighted by Crippen LogP contribution is -2.39. The van der Waals surface area contributed by atoms with Crippen molar-refractivity contribution >= 4 is 11.6 Å². The number of nitrogens with zero attached hydrogens (tertiary/aromatic N) is 5. The summed E-state index contributed by atoms with van der Waals surface area (Å²) >= 11 is 0. The van der Waals surface area contributed by atoms with Gasteiger partial charge in [-0.25, -0.2) is 0 Å². The van der Waals surface area contributed by atoms with Crippen LogP contribution in [-0.2, 0) is 0 Å². The Bertz CT molecular complexity index is 1080. The molecule has 0 spiro atoms. The SMILES string of the molecule is CCCCC1=C(C#N)CN(CC)C(O)=C1/N=N/c1ccc(C(=O)N(CC(CC)CCCC)CC(CC)CCCC)cc1. The molecule has 232 valence electrons. The van der Waals surface area contributed by atoms with Gasteiger partial charge in [-0.3, -0.25) is 4.79 Å². The van der Waals surface area contributed by atoms with Crippen LogP contribution < -0.4 is 0 Å². The van der Waals surface area contributed by atoms with E-state index in [0.29, 0.717) is 53.9 Å². The zero-order valence-corrected chi connectivity index (χ0v) is 27.2. The highest BCUT2D eigenvalue weighted by Gasteiger charge is 2.27.